The average Bonchev–Trinajstić information content (AvgIpc) is 2.96. The lowest BCUT2D eigenvalue weighted by atomic mass is 10.1. The molecule has 3 rings (SSSR count). The second kappa shape index (κ2) is 6.22. The lowest BCUT2D eigenvalue weighted by Crippen LogP contribution is -2.31. The van der Waals surface area contributed by atoms with Gasteiger partial charge in [0.1, 0.15) is 5.75 Å². The monoisotopic (exact) mass is 351 g/mol. The van der Waals surface area contributed by atoms with Gasteiger partial charge >= 0.3 is 0 Å². The van der Waals surface area contributed by atoms with Crippen LogP contribution in [0.4, 0.5) is 0 Å². The number of benzene rings is 2. The summed E-state index contributed by atoms with van der Waals surface area (Å²) in [5, 5.41) is 0.558. The molecule has 120 valence electrons. The van der Waals surface area contributed by atoms with Gasteiger partial charge < -0.3 is 4.74 Å². The molecule has 0 saturated carbocycles. The van der Waals surface area contributed by atoms with Crippen molar-refractivity contribution in [2.45, 2.75) is 17.7 Å². The first-order valence-corrected chi connectivity index (χ1v) is 8.86. The predicted octanol–water partition coefficient (Wildman–Crippen LogP) is 2.32. The normalized spacial score (nSPS) is 13.3. The fraction of sp³-hybridized carbons (Fsp3) is 0.188. The molecular formula is C16H14ClNO4S. The molecule has 1 aliphatic heterocycles. The van der Waals surface area contributed by atoms with Crippen LogP contribution in [0.2, 0.25) is 5.02 Å². The third-order valence-corrected chi connectivity index (χ3v) is 5.12. The minimum Gasteiger partial charge on any atom is -0.493 e. The molecule has 0 atom stereocenters. The van der Waals surface area contributed by atoms with Crippen LogP contribution < -0.4 is 9.46 Å². The van der Waals surface area contributed by atoms with Gasteiger partial charge in [0.2, 0.25) is 5.91 Å². The molecular weight excluding hydrogens is 338 g/mol. The zero-order valence-corrected chi connectivity index (χ0v) is 13.7. The van der Waals surface area contributed by atoms with E-state index in [0.29, 0.717) is 29.4 Å². The Bertz CT molecular complexity index is 847. The van der Waals surface area contributed by atoms with Gasteiger partial charge in [-0.2, -0.15) is 0 Å². The Kier molecular flexibility index (Phi) is 4.28. The molecule has 0 unspecified atom stereocenters. The van der Waals surface area contributed by atoms with Crippen LogP contribution in [-0.2, 0) is 27.7 Å². The van der Waals surface area contributed by atoms with Gasteiger partial charge in [-0.1, -0.05) is 23.7 Å². The van der Waals surface area contributed by atoms with E-state index in [-0.39, 0.29) is 11.3 Å². The van der Waals surface area contributed by atoms with Crippen molar-refractivity contribution < 1.29 is 17.9 Å². The maximum absolute atomic E-state index is 12.3. The number of carbonyl (C=O) groups excluding carboxylic acids is 1. The Hall–Kier alpha value is -2.05. The molecule has 2 aromatic carbocycles. The van der Waals surface area contributed by atoms with Gasteiger partial charge in [0.15, 0.2) is 0 Å². The summed E-state index contributed by atoms with van der Waals surface area (Å²) in [6.07, 6.45) is 0.627. The Morgan fingerprint density at radius 1 is 1.17 bits per heavy atom. The van der Waals surface area contributed by atoms with Crippen LogP contribution in [0.15, 0.2) is 47.4 Å². The molecule has 0 aromatic heterocycles. The standard InChI is InChI=1S/C16H14ClNO4S/c17-13-3-1-11(2-4-13)9-16(19)18-23(20,21)14-5-6-15-12(10-14)7-8-22-15/h1-6,10H,7-9H2,(H,18,19). The van der Waals surface area contributed by atoms with Gasteiger partial charge in [0.05, 0.1) is 17.9 Å². The van der Waals surface area contributed by atoms with E-state index in [4.69, 9.17) is 16.3 Å². The molecule has 1 aliphatic rings. The highest BCUT2D eigenvalue weighted by Gasteiger charge is 2.21. The third-order valence-electron chi connectivity index (χ3n) is 3.50. The van der Waals surface area contributed by atoms with E-state index in [2.05, 4.69) is 4.72 Å². The zero-order valence-electron chi connectivity index (χ0n) is 12.1. The summed E-state index contributed by atoms with van der Waals surface area (Å²) >= 11 is 5.77. The topological polar surface area (TPSA) is 72.5 Å². The van der Waals surface area contributed by atoms with Crippen molar-refractivity contribution in [3.8, 4) is 5.75 Å². The molecule has 0 radical (unpaired) electrons. The fourth-order valence-corrected chi connectivity index (χ4v) is 3.52. The van der Waals surface area contributed by atoms with Crippen molar-refractivity contribution in [1.82, 2.24) is 4.72 Å². The first-order valence-electron chi connectivity index (χ1n) is 7.00. The Balaban J connectivity index is 1.73. The Labute approximate surface area is 139 Å². The molecule has 23 heavy (non-hydrogen) atoms. The maximum atomic E-state index is 12.3. The third kappa shape index (κ3) is 3.65. The molecule has 5 nitrogen and oxygen atoms in total. The molecule has 2 aromatic rings. The highest BCUT2D eigenvalue weighted by atomic mass is 35.5. The van der Waals surface area contributed by atoms with E-state index >= 15 is 0 Å². The van der Waals surface area contributed by atoms with Gasteiger partial charge in [-0.15, -0.1) is 0 Å². The molecule has 0 spiro atoms. The smallest absolute Gasteiger partial charge is 0.264 e. The van der Waals surface area contributed by atoms with Crippen molar-refractivity contribution >= 4 is 27.5 Å². The number of carbonyl (C=O) groups is 1. The van der Waals surface area contributed by atoms with Crippen LogP contribution in [0.5, 0.6) is 5.75 Å². The molecule has 0 saturated heterocycles. The van der Waals surface area contributed by atoms with E-state index in [0.717, 1.165) is 5.56 Å². The average molecular weight is 352 g/mol. The van der Waals surface area contributed by atoms with Crippen molar-refractivity contribution in [3.05, 3.63) is 58.6 Å². The zero-order chi connectivity index (χ0) is 16.4. The number of hydrogen-bond donors (Lipinski definition) is 1. The minimum absolute atomic E-state index is 0.0373. The number of ether oxygens (including phenoxy) is 1. The lowest BCUT2D eigenvalue weighted by molar-refractivity contribution is -0.118. The SMILES string of the molecule is O=C(Cc1ccc(Cl)cc1)NS(=O)(=O)c1ccc2c(c1)CCO2. The first-order chi connectivity index (χ1) is 10.9. The predicted molar refractivity (Wildman–Crippen MR) is 86.1 cm³/mol. The van der Waals surface area contributed by atoms with Crippen molar-refractivity contribution in [1.29, 1.82) is 0 Å². The van der Waals surface area contributed by atoms with Crippen LogP contribution in [0.25, 0.3) is 0 Å². The minimum atomic E-state index is -3.89. The second-order valence-corrected chi connectivity index (χ2v) is 7.32. The molecule has 7 heteroatoms. The van der Waals surface area contributed by atoms with Gasteiger partial charge in [-0.05, 0) is 41.5 Å². The Morgan fingerprint density at radius 2 is 1.91 bits per heavy atom. The van der Waals surface area contributed by atoms with Gasteiger partial charge in [-0.25, -0.2) is 13.1 Å². The van der Waals surface area contributed by atoms with Crippen LogP contribution in [0.3, 0.4) is 0 Å². The summed E-state index contributed by atoms with van der Waals surface area (Å²) in [6.45, 7) is 0.543. The van der Waals surface area contributed by atoms with Crippen molar-refractivity contribution in [2.24, 2.45) is 0 Å². The quantitative estimate of drug-likeness (QED) is 0.917. The molecule has 0 bridgehead atoms. The molecule has 1 N–H and O–H groups in total. The summed E-state index contributed by atoms with van der Waals surface area (Å²) in [7, 11) is -3.89. The largest absolute Gasteiger partial charge is 0.493 e. The van der Waals surface area contributed by atoms with E-state index in [1.807, 2.05) is 0 Å². The van der Waals surface area contributed by atoms with Crippen molar-refractivity contribution in [2.75, 3.05) is 6.61 Å². The second-order valence-electron chi connectivity index (χ2n) is 5.20. The summed E-state index contributed by atoms with van der Waals surface area (Å²) < 4.78 is 32.0. The number of fused-ring (bicyclic) bond motifs is 1. The molecule has 1 heterocycles. The number of halogens is 1. The van der Waals surface area contributed by atoms with E-state index in [1.54, 1.807) is 36.4 Å². The molecule has 0 fully saturated rings. The van der Waals surface area contributed by atoms with Crippen LogP contribution in [0, 0.1) is 0 Å². The van der Waals surface area contributed by atoms with Crippen LogP contribution >= 0.6 is 11.6 Å². The maximum Gasteiger partial charge on any atom is 0.264 e. The number of hydrogen-bond acceptors (Lipinski definition) is 4. The van der Waals surface area contributed by atoms with Gasteiger partial charge in [-0.3, -0.25) is 4.79 Å². The summed E-state index contributed by atoms with van der Waals surface area (Å²) in [5.74, 6) is 0.0977. The summed E-state index contributed by atoms with van der Waals surface area (Å²) in [4.78, 5) is 12.0. The van der Waals surface area contributed by atoms with E-state index in [1.165, 1.54) is 6.07 Å². The summed E-state index contributed by atoms with van der Waals surface area (Å²) in [6, 6.07) is 11.3. The molecule has 0 aliphatic carbocycles. The highest BCUT2D eigenvalue weighted by molar-refractivity contribution is 7.90. The summed E-state index contributed by atoms with van der Waals surface area (Å²) in [5.41, 5.74) is 1.52. The number of rotatable bonds is 4. The van der Waals surface area contributed by atoms with Crippen LogP contribution in [0.1, 0.15) is 11.1 Å². The lowest BCUT2D eigenvalue weighted by Gasteiger charge is -2.08. The van der Waals surface area contributed by atoms with Crippen molar-refractivity contribution in [3.63, 3.8) is 0 Å². The first kappa shape index (κ1) is 15.8. The van der Waals surface area contributed by atoms with E-state index < -0.39 is 15.9 Å². The van der Waals surface area contributed by atoms with Gasteiger partial charge in [0, 0.05) is 11.4 Å². The number of sulfonamides is 1. The number of nitrogens with one attached hydrogen (secondary N) is 1. The highest BCUT2D eigenvalue weighted by Crippen LogP contribution is 2.27. The molecule has 1 amide bonds. The van der Waals surface area contributed by atoms with Crippen LogP contribution in [-0.4, -0.2) is 20.9 Å². The fourth-order valence-electron chi connectivity index (χ4n) is 2.36. The Morgan fingerprint density at radius 3 is 2.65 bits per heavy atom. The van der Waals surface area contributed by atoms with Gasteiger partial charge in [0.25, 0.3) is 10.0 Å². The van der Waals surface area contributed by atoms with E-state index in [9.17, 15) is 13.2 Å². The number of amides is 1.